The largest absolute Gasteiger partial charge is 0.481 e. The summed E-state index contributed by atoms with van der Waals surface area (Å²) in [5, 5.41) is 18.2. The van der Waals surface area contributed by atoms with E-state index in [2.05, 4.69) is 16.0 Å². The summed E-state index contributed by atoms with van der Waals surface area (Å²) < 4.78 is 0. The first-order valence-corrected chi connectivity index (χ1v) is 8.14. The molecule has 4 N–H and O–H groups in total. The number of rotatable bonds is 8. The fraction of sp³-hybridized carbons (Fsp3) is 0.867. The Morgan fingerprint density at radius 2 is 1.76 bits per heavy atom. The van der Waals surface area contributed by atoms with E-state index >= 15 is 0 Å². The van der Waals surface area contributed by atoms with Crippen molar-refractivity contribution in [3.8, 4) is 0 Å². The molecule has 0 spiro atoms. The van der Waals surface area contributed by atoms with Crippen molar-refractivity contribution in [3.63, 3.8) is 0 Å². The van der Waals surface area contributed by atoms with Crippen molar-refractivity contribution >= 4 is 12.0 Å². The minimum absolute atomic E-state index is 0.0681. The summed E-state index contributed by atoms with van der Waals surface area (Å²) in [4.78, 5) is 22.9. The van der Waals surface area contributed by atoms with Gasteiger partial charge in [-0.05, 0) is 44.6 Å². The molecule has 6 heteroatoms. The van der Waals surface area contributed by atoms with Crippen molar-refractivity contribution in [2.75, 3.05) is 19.6 Å². The Morgan fingerprint density at radius 1 is 1.00 bits per heavy atom. The van der Waals surface area contributed by atoms with Gasteiger partial charge in [0.15, 0.2) is 0 Å². The van der Waals surface area contributed by atoms with Crippen LogP contribution < -0.4 is 16.0 Å². The van der Waals surface area contributed by atoms with Gasteiger partial charge in [-0.15, -0.1) is 0 Å². The zero-order valence-corrected chi connectivity index (χ0v) is 12.6. The van der Waals surface area contributed by atoms with Gasteiger partial charge in [0.05, 0.1) is 5.92 Å². The lowest BCUT2D eigenvalue weighted by Crippen LogP contribution is -2.42. The molecule has 2 saturated carbocycles. The third kappa shape index (κ3) is 5.91. The molecule has 0 saturated heterocycles. The van der Waals surface area contributed by atoms with Crippen LogP contribution in [0.25, 0.3) is 0 Å². The van der Waals surface area contributed by atoms with Crippen molar-refractivity contribution in [1.82, 2.24) is 16.0 Å². The number of hydrogen-bond donors (Lipinski definition) is 4. The van der Waals surface area contributed by atoms with Gasteiger partial charge in [0, 0.05) is 19.1 Å². The van der Waals surface area contributed by atoms with Gasteiger partial charge in [0.1, 0.15) is 0 Å². The lowest BCUT2D eigenvalue weighted by atomic mass is 9.79. The van der Waals surface area contributed by atoms with Crippen LogP contribution in [0.1, 0.15) is 44.9 Å². The Labute approximate surface area is 126 Å². The summed E-state index contributed by atoms with van der Waals surface area (Å²) in [6.07, 6.45) is 7.14. The van der Waals surface area contributed by atoms with Crippen LogP contribution in [0.3, 0.4) is 0 Å². The lowest BCUT2D eigenvalue weighted by molar-refractivity contribution is -0.144. The van der Waals surface area contributed by atoms with Crippen molar-refractivity contribution in [3.05, 3.63) is 0 Å². The van der Waals surface area contributed by atoms with Gasteiger partial charge in [-0.3, -0.25) is 4.79 Å². The first-order chi connectivity index (χ1) is 10.2. The Morgan fingerprint density at radius 3 is 2.48 bits per heavy atom. The quantitative estimate of drug-likeness (QED) is 0.509. The van der Waals surface area contributed by atoms with Crippen molar-refractivity contribution in [2.24, 2.45) is 11.8 Å². The maximum atomic E-state index is 11.7. The van der Waals surface area contributed by atoms with Crippen molar-refractivity contribution < 1.29 is 14.7 Å². The standard InChI is InChI=1S/C15H27N3O3/c19-14(20)13-5-2-1-4-11(13)10-18-15(21)17-9-3-8-16-12-6-7-12/h11-13,16H,1-10H2,(H,19,20)(H2,17,18,21). The summed E-state index contributed by atoms with van der Waals surface area (Å²) in [6.45, 7) is 2.05. The Balaban J connectivity index is 1.55. The van der Waals surface area contributed by atoms with Gasteiger partial charge in [0.2, 0.25) is 0 Å². The first kappa shape index (κ1) is 16.1. The number of carbonyl (C=O) groups is 2. The monoisotopic (exact) mass is 297 g/mol. The fourth-order valence-corrected chi connectivity index (χ4v) is 2.95. The van der Waals surface area contributed by atoms with Crippen molar-refractivity contribution in [1.29, 1.82) is 0 Å². The van der Waals surface area contributed by atoms with Crippen LogP contribution >= 0.6 is 0 Å². The normalized spacial score (nSPS) is 25.3. The highest BCUT2D eigenvalue weighted by Crippen LogP contribution is 2.29. The van der Waals surface area contributed by atoms with E-state index in [4.69, 9.17) is 0 Å². The van der Waals surface area contributed by atoms with Crippen LogP contribution in [-0.2, 0) is 4.79 Å². The minimum Gasteiger partial charge on any atom is -0.481 e. The smallest absolute Gasteiger partial charge is 0.314 e. The molecular formula is C15H27N3O3. The highest BCUT2D eigenvalue weighted by atomic mass is 16.4. The predicted molar refractivity (Wildman–Crippen MR) is 80.1 cm³/mol. The van der Waals surface area contributed by atoms with E-state index in [9.17, 15) is 14.7 Å². The maximum absolute atomic E-state index is 11.7. The van der Waals surface area contributed by atoms with Crippen LogP contribution in [0.4, 0.5) is 4.79 Å². The predicted octanol–water partition coefficient (Wildman–Crippen LogP) is 1.32. The molecule has 0 heterocycles. The average molecular weight is 297 g/mol. The maximum Gasteiger partial charge on any atom is 0.314 e. The lowest BCUT2D eigenvalue weighted by Gasteiger charge is -2.28. The zero-order valence-electron chi connectivity index (χ0n) is 12.6. The van der Waals surface area contributed by atoms with E-state index in [1.54, 1.807) is 0 Å². The van der Waals surface area contributed by atoms with E-state index in [-0.39, 0.29) is 17.9 Å². The highest BCUT2D eigenvalue weighted by molar-refractivity contribution is 5.74. The molecule has 6 nitrogen and oxygen atoms in total. The van der Waals surface area contributed by atoms with Crippen molar-refractivity contribution in [2.45, 2.75) is 51.0 Å². The zero-order chi connectivity index (χ0) is 15.1. The molecule has 0 aromatic heterocycles. The Kier molecular flexibility index (Phi) is 6.29. The Hall–Kier alpha value is -1.30. The number of aliphatic carboxylic acids is 1. The van der Waals surface area contributed by atoms with Crippen LogP contribution in [0.2, 0.25) is 0 Å². The third-order valence-corrected chi connectivity index (χ3v) is 4.40. The second-order valence-corrected chi connectivity index (χ2v) is 6.21. The second-order valence-electron chi connectivity index (χ2n) is 6.21. The van der Waals surface area contributed by atoms with Gasteiger partial charge < -0.3 is 21.1 Å². The van der Waals surface area contributed by atoms with Gasteiger partial charge in [-0.2, -0.15) is 0 Å². The molecule has 0 aliphatic heterocycles. The molecule has 0 radical (unpaired) electrons. The molecular weight excluding hydrogens is 270 g/mol. The molecule has 0 bridgehead atoms. The molecule has 0 aromatic rings. The third-order valence-electron chi connectivity index (χ3n) is 4.40. The molecule has 21 heavy (non-hydrogen) atoms. The topological polar surface area (TPSA) is 90.5 Å². The van der Waals surface area contributed by atoms with Gasteiger partial charge in [-0.25, -0.2) is 4.79 Å². The van der Waals surface area contributed by atoms with Crippen LogP contribution in [0.15, 0.2) is 0 Å². The second kappa shape index (κ2) is 8.22. The molecule has 2 aliphatic rings. The summed E-state index contributed by atoms with van der Waals surface area (Å²) in [5.74, 6) is -0.964. The average Bonchev–Trinajstić information content (AvgIpc) is 3.29. The first-order valence-electron chi connectivity index (χ1n) is 8.14. The van der Waals surface area contributed by atoms with Gasteiger partial charge in [0.25, 0.3) is 0 Å². The molecule has 2 aliphatic carbocycles. The van der Waals surface area contributed by atoms with Gasteiger partial charge in [-0.1, -0.05) is 12.8 Å². The highest BCUT2D eigenvalue weighted by Gasteiger charge is 2.30. The number of urea groups is 1. The molecule has 120 valence electrons. The molecule has 2 atom stereocenters. The summed E-state index contributed by atoms with van der Waals surface area (Å²) >= 11 is 0. The summed E-state index contributed by atoms with van der Waals surface area (Å²) in [6, 6.07) is 0.522. The SMILES string of the molecule is O=C(NCCCNC1CC1)NCC1CCCCC1C(=O)O. The molecule has 2 unspecified atom stereocenters. The van der Waals surface area contributed by atoms with E-state index in [1.807, 2.05) is 0 Å². The molecule has 2 amide bonds. The molecule has 2 fully saturated rings. The van der Waals surface area contributed by atoms with E-state index < -0.39 is 5.97 Å². The van der Waals surface area contributed by atoms with Gasteiger partial charge >= 0.3 is 12.0 Å². The number of nitrogens with one attached hydrogen (secondary N) is 3. The number of amides is 2. The number of carbonyl (C=O) groups excluding carboxylic acids is 1. The van der Waals surface area contributed by atoms with E-state index in [1.165, 1.54) is 12.8 Å². The fourth-order valence-electron chi connectivity index (χ4n) is 2.95. The summed E-state index contributed by atoms with van der Waals surface area (Å²) in [5.41, 5.74) is 0. The summed E-state index contributed by atoms with van der Waals surface area (Å²) in [7, 11) is 0. The van der Waals surface area contributed by atoms with Crippen LogP contribution in [0, 0.1) is 11.8 Å². The van der Waals surface area contributed by atoms with Crippen LogP contribution in [0.5, 0.6) is 0 Å². The number of hydrogen-bond acceptors (Lipinski definition) is 3. The molecule has 2 rings (SSSR count). The van der Waals surface area contributed by atoms with E-state index in [0.29, 0.717) is 19.1 Å². The number of carboxylic acids is 1. The number of carboxylic acid groups (broad SMARTS) is 1. The minimum atomic E-state index is -0.729. The molecule has 0 aromatic carbocycles. The van der Waals surface area contributed by atoms with E-state index in [0.717, 1.165) is 38.6 Å². The van der Waals surface area contributed by atoms with Crippen LogP contribution in [-0.4, -0.2) is 42.8 Å². The Bertz CT molecular complexity index is 358.